The first-order valence-corrected chi connectivity index (χ1v) is 7.17. The van der Waals surface area contributed by atoms with Crippen molar-refractivity contribution in [3.05, 3.63) is 53.0 Å². The Labute approximate surface area is 142 Å². The summed E-state index contributed by atoms with van der Waals surface area (Å²) < 4.78 is 38.4. The van der Waals surface area contributed by atoms with Crippen molar-refractivity contribution in [3.63, 3.8) is 0 Å². The molecule has 0 spiro atoms. The van der Waals surface area contributed by atoms with E-state index in [0.717, 1.165) is 18.0 Å². The summed E-state index contributed by atoms with van der Waals surface area (Å²) in [4.78, 5) is 17.1. The highest BCUT2D eigenvalue weighted by molar-refractivity contribution is 5.56. The van der Waals surface area contributed by atoms with Crippen molar-refractivity contribution in [2.45, 2.75) is 6.18 Å². The van der Waals surface area contributed by atoms with Crippen LogP contribution in [0.3, 0.4) is 0 Å². The van der Waals surface area contributed by atoms with Crippen LogP contribution in [-0.4, -0.2) is 40.5 Å². The number of alkyl halides is 3. The normalized spacial score (nSPS) is 11.8. The van der Waals surface area contributed by atoms with Crippen molar-refractivity contribution >= 4 is 5.82 Å². The van der Waals surface area contributed by atoms with Crippen LogP contribution >= 0.6 is 0 Å². The van der Waals surface area contributed by atoms with E-state index >= 15 is 0 Å². The molecular formula is C16H16F3N6+. The van der Waals surface area contributed by atoms with E-state index in [1.165, 1.54) is 18.6 Å². The summed E-state index contributed by atoms with van der Waals surface area (Å²) in [6.07, 6.45) is 0.516. The van der Waals surface area contributed by atoms with Crippen LogP contribution in [-0.2, 0) is 6.18 Å². The molecule has 2 heterocycles. The number of aromatic nitrogens is 3. The van der Waals surface area contributed by atoms with E-state index in [1.807, 2.05) is 19.0 Å². The summed E-state index contributed by atoms with van der Waals surface area (Å²) in [6, 6.07) is 2.57. The van der Waals surface area contributed by atoms with Crippen molar-refractivity contribution in [2.75, 3.05) is 26.0 Å². The van der Waals surface area contributed by atoms with Crippen LogP contribution in [0.1, 0.15) is 5.56 Å². The fourth-order valence-corrected chi connectivity index (χ4v) is 1.90. The SMILES string of the molecule is C#[N+]C=C(CNc1ccnc(-c2cncc(C(F)(F)F)c2)n1)N(C)C. The van der Waals surface area contributed by atoms with Gasteiger partial charge in [0, 0.05) is 38.2 Å². The lowest BCUT2D eigenvalue weighted by atomic mass is 10.2. The quantitative estimate of drug-likeness (QED) is 0.897. The Morgan fingerprint density at radius 3 is 2.76 bits per heavy atom. The van der Waals surface area contributed by atoms with Gasteiger partial charge in [0.2, 0.25) is 0 Å². The van der Waals surface area contributed by atoms with Crippen molar-refractivity contribution in [3.8, 4) is 18.0 Å². The number of hydrogen-bond donors (Lipinski definition) is 1. The van der Waals surface area contributed by atoms with E-state index in [1.54, 1.807) is 6.07 Å². The molecular weight excluding hydrogens is 333 g/mol. The van der Waals surface area contributed by atoms with Gasteiger partial charge in [-0.1, -0.05) is 0 Å². The first kappa shape index (κ1) is 18.2. The Hall–Kier alpha value is -3.15. The molecule has 0 aliphatic heterocycles. The topological polar surface area (TPSA) is 58.3 Å². The van der Waals surface area contributed by atoms with Crippen LogP contribution in [0.2, 0.25) is 0 Å². The monoisotopic (exact) mass is 349 g/mol. The van der Waals surface area contributed by atoms with Crippen LogP contribution in [0.5, 0.6) is 0 Å². The molecule has 6 nitrogen and oxygen atoms in total. The van der Waals surface area contributed by atoms with Gasteiger partial charge in [-0.2, -0.15) is 13.2 Å². The van der Waals surface area contributed by atoms with E-state index < -0.39 is 11.7 Å². The molecule has 2 aromatic rings. The van der Waals surface area contributed by atoms with Crippen molar-refractivity contribution < 1.29 is 13.2 Å². The third-order valence-corrected chi connectivity index (χ3v) is 3.23. The molecule has 0 fully saturated rings. The molecule has 0 amide bonds. The van der Waals surface area contributed by atoms with Gasteiger partial charge in [-0.3, -0.25) is 4.98 Å². The van der Waals surface area contributed by atoms with Gasteiger partial charge in [0.1, 0.15) is 11.5 Å². The lowest BCUT2D eigenvalue weighted by Gasteiger charge is -2.14. The molecule has 0 aliphatic carbocycles. The largest absolute Gasteiger partial charge is 0.417 e. The Bertz CT molecular complexity index is 808. The van der Waals surface area contributed by atoms with Gasteiger partial charge in [0.15, 0.2) is 5.82 Å². The van der Waals surface area contributed by atoms with Gasteiger partial charge in [0.25, 0.3) is 6.57 Å². The number of nitrogens with zero attached hydrogens (tertiary/aromatic N) is 5. The Morgan fingerprint density at radius 2 is 2.12 bits per heavy atom. The van der Waals surface area contributed by atoms with Crippen LogP contribution in [0.25, 0.3) is 16.2 Å². The highest BCUT2D eigenvalue weighted by Crippen LogP contribution is 2.30. The second-order valence-corrected chi connectivity index (χ2v) is 5.24. The fraction of sp³-hybridized carbons (Fsp3) is 0.250. The highest BCUT2D eigenvalue weighted by Gasteiger charge is 2.31. The zero-order valence-electron chi connectivity index (χ0n) is 13.6. The van der Waals surface area contributed by atoms with Gasteiger partial charge in [0.05, 0.1) is 12.1 Å². The van der Waals surface area contributed by atoms with Gasteiger partial charge < -0.3 is 10.2 Å². The molecule has 0 aliphatic rings. The minimum absolute atomic E-state index is 0.141. The van der Waals surface area contributed by atoms with Crippen molar-refractivity contribution in [2.24, 2.45) is 0 Å². The summed E-state index contributed by atoms with van der Waals surface area (Å²) in [6.45, 7) is 5.54. The number of likely N-dealkylation sites (N-methyl/N-ethyl adjacent to an activating group) is 1. The second-order valence-electron chi connectivity index (χ2n) is 5.24. The maximum atomic E-state index is 12.8. The predicted octanol–water partition coefficient (Wildman–Crippen LogP) is 3.34. The third kappa shape index (κ3) is 4.91. The van der Waals surface area contributed by atoms with E-state index in [4.69, 9.17) is 6.57 Å². The zero-order valence-corrected chi connectivity index (χ0v) is 13.6. The van der Waals surface area contributed by atoms with Crippen LogP contribution in [0, 0.1) is 6.57 Å². The maximum Gasteiger partial charge on any atom is 0.417 e. The van der Waals surface area contributed by atoms with E-state index in [9.17, 15) is 13.2 Å². The van der Waals surface area contributed by atoms with Gasteiger partial charge in [-0.25, -0.2) is 9.97 Å². The number of anilines is 1. The van der Waals surface area contributed by atoms with Gasteiger partial charge >= 0.3 is 12.4 Å². The number of nitrogens with one attached hydrogen (secondary N) is 1. The molecule has 25 heavy (non-hydrogen) atoms. The highest BCUT2D eigenvalue weighted by atomic mass is 19.4. The number of pyridine rings is 1. The molecule has 0 saturated heterocycles. The number of rotatable bonds is 5. The summed E-state index contributed by atoms with van der Waals surface area (Å²) in [7, 11) is 3.66. The maximum absolute atomic E-state index is 12.8. The summed E-state index contributed by atoms with van der Waals surface area (Å²) in [5.74, 6) is 0.592. The Morgan fingerprint density at radius 1 is 1.36 bits per heavy atom. The standard InChI is InChI=1S/C16H16F3N6/c1-20-9-13(25(2)3)10-23-14-4-5-22-15(24-14)11-6-12(8-21-7-11)16(17,18)19/h1,4-9H,10H2,2-3H3,(H,22,23,24)/q+1. The van der Waals surface area contributed by atoms with E-state index in [2.05, 4.69) is 25.1 Å². The second kappa shape index (κ2) is 7.61. The minimum atomic E-state index is -4.48. The first-order chi connectivity index (χ1) is 11.8. The average Bonchev–Trinajstić information content (AvgIpc) is 2.58. The zero-order chi connectivity index (χ0) is 18.4. The number of hydrogen-bond acceptors (Lipinski definition) is 5. The fourth-order valence-electron chi connectivity index (χ4n) is 1.90. The minimum Gasteiger partial charge on any atom is -0.374 e. The molecule has 0 radical (unpaired) electrons. The molecule has 2 aromatic heterocycles. The van der Waals surface area contributed by atoms with Gasteiger partial charge in [-0.15, -0.1) is 0 Å². The molecule has 0 atom stereocenters. The Kier molecular flexibility index (Phi) is 5.54. The average molecular weight is 349 g/mol. The van der Waals surface area contributed by atoms with Crippen LogP contribution < -0.4 is 5.32 Å². The molecule has 9 heteroatoms. The molecule has 1 N–H and O–H groups in total. The van der Waals surface area contributed by atoms with E-state index in [-0.39, 0.29) is 11.4 Å². The van der Waals surface area contributed by atoms with E-state index in [0.29, 0.717) is 12.4 Å². The van der Waals surface area contributed by atoms with Gasteiger partial charge in [-0.05, 0) is 17.0 Å². The van der Waals surface area contributed by atoms with Crippen LogP contribution in [0.4, 0.5) is 19.0 Å². The lowest BCUT2D eigenvalue weighted by molar-refractivity contribution is -0.137. The molecule has 0 bridgehead atoms. The molecule has 130 valence electrons. The number of halogens is 3. The van der Waals surface area contributed by atoms with Crippen molar-refractivity contribution in [1.29, 1.82) is 0 Å². The Balaban J connectivity index is 2.22. The molecule has 0 saturated carbocycles. The lowest BCUT2D eigenvalue weighted by Crippen LogP contribution is -2.19. The summed E-state index contributed by atoms with van der Waals surface area (Å²) in [5.41, 5.74) is 0.122. The molecule has 0 unspecified atom stereocenters. The predicted molar refractivity (Wildman–Crippen MR) is 88.8 cm³/mol. The van der Waals surface area contributed by atoms with Crippen LogP contribution in [0.15, 0.2) is 42.6 Å². The molecule has 2 rings (SSSR count). The first-order valence-electron chi connectivity index (χ1n) is 7.17. The summed E-state index contributed by atoms with van der Waals surface area (Å²) in [5, 5.41) is 3.05. The summed E-state index contributed by atoms with van der Waals surface area (Å²) >= 11 is 0. The van der Waals surface area contributed by atoms with Crippen molar-refractivity contribution in [1.82, 2.24) is 19.9 Å². The third-order valence-electron chi connectivity index (χ3n) is 3.23. The smallest absolute Gasteiger partial charge is 0.374 e. The molecule has 0 aromatic carbocycles.